The minimum atomic E-state index is -4.61. The number of likely N-dealkylation sites (N-methyl/N-ethyl adjacent to an activating group) is 1. The first kappa shape index (κ1) is 71.2. The molecule has 1 amide bonds. The first-order valence-electron chi connectivity index (χ1n) is 31.2. The lowest BCUT2D eigenvalue weighted by molar-refractivity contribution is -0.870. The van der Waals surface area contributed by atoms with E-state index in [0.717, 1.165) is 51.4 Å². The Morgan fingerprint density at radius 1 is 0.479 bits per heavy atom. The summed E-state index contributed by atoms with van der Waals surface area (Å²) in [5.74, 6) is -0.206. The predicted octanol–water partition coefficient (Wildman–Crippen LogP) is 18.6. The summed E-state index contributed by atoms with van der Waals surface area (Å²) >= 11 is 0. The Hall–Kier alpha value is -1.80. The van der Waals surface area contributed by atoms with Gasteiger partial charge >= 0.3 is 0 Å². The third-order valence-corrected chi connectivity index (χ3v) is 14.9. The molecule has 73 heavy (non-hydrogen) atoms. The Morgan fingerprint density at radius 3 is 1.21 bits per heavy atom. The summed E-state index contributed by atoms with van der Waals surface area (Å²) in [6, 6.07) is -0.906. The van der Waals surface area contributed by atoms with E-state index in [1.165, 1.54) is 218 Å². The minimum Gasteiger partial charge on any atom is -0.756 e. The van der Waals surface area contributed by atoms with Gasteiger partial charge < -0.3 is 28.8 Å². The summed E-state index contributed by atoms with van der Waals surface area (Å²) in [5, 5.41) is 13.9. The van der Waals surface area contributed by atoms with Crippen LogP contribution in [0.3, 0.4) is 0 Å². The van der Waals surface area contributed by atoms with Crippen molar-refractivity contribution in [3.05, 3.63) is 60.8 Å². The van der Waals surface area contributed by atoms with Crippen LogP contribution in [0.2, 0.25) is 0 Å². The van der Waals surface area contributed by atoms with Crippen LogP contribution in [0.1, 0.15) is 290 Å². The molecule has 0 heterocycles. The van der Waals surface area contributed by atoms with Crippen LogP contribution in [-0.2, 0) is 18.4 Å². The molecule has 0 saturated heterocycles. The number of phosphoric ester groups is 1. The van der Waals surface area contributed by atoms with E-state index in [0.29, 0.717) is 17.4 Å². The molecule has 8 nitrogen and oxygen atoms in total. The number of nitrogens with zero attached hydrogens (tertiary/aromatic N) is 1. The quantitative estimate of drug-likeness (QED) is 0.0272. The highest BCUT2D eigenvalue weighted by atomic mass is 31.2. The Kier molecular flexibility index (Phi) is 53.6. The Labute approximate surface area is 453 Å². The fourth-order valence-corrected chi connectivity index (χ4v) is 9.78. The molecule has 428 valence electrons. The molecular formula is C64H121N2O6P. The molecule has 2 N–H and O–H groups in total. The number of unbranched alkanes of at least 4 members (excludes halogenated alkanes) is 36. The molecular weight excluding hydrogens is 924 g/mol. The van der Waals surface area contributed by atoms with E-state index >= 15 is 0 Å². The molecule has 0 aromatic heterocycles. The number of hydrogen-bond acceptors (Lipinski definition) is 6. The lowest BCUT2D eigenvalue weighted by atomic mass is 10.0. The maximum absolute atomic E-state index is 13.0. The first-order chi connectivity index (χ1) is 35.5. The second kappa shape index (κ2) is 55.0. The van der Waals surface area contributed by atoms with Crippen LogP contribution < -0.4 is 10.2 Å². The molecule has 0 radical (unpaired) electrons. The van der Waals surface area contributed by atoms with E-state index in [1.54, 1.807) is 6.08 Å². The van der Waals surface area contributed by atoms with Gasteiger partial charge in [0.2, 0.25) is 5.91 Å². The van der Waals surface area contributed by atoms with Crippen molar-refractivity contribution in [1.82, 2.24) is 5.32 Å². The summed E-state index contributed by atoms with van der Waals surface area (Å²) in [6.07, 6.45) is 74.5. The zero-order chi connectivity index (χ0) is 53.5. The van der Waals surface area contributed by atoms with Crippen LogP contribution in [0, 0.1) is 0 Å². The van der Waals surface area contributed by atoms with Crippen molar-refractivity contribution in [3.8, 4) is 0 Å². The van der Waals surface area contributed by atoms with Crippen molar-refractivity contribution in [3.63, 3.8) is 0 Å². The molecule has 9 heteroatoms. The summed E-state index contributed by atoms with van der Waals surface area (Å²) < 4.78 is 23.4. The molecule has 3 unspecified atom stereocenters. The van der Waals surface area contributed by atoms with Gasteiger partial charge in [-0.05, 0) is 70.6 Å². The number of phosphoric acid groups is 1. The van der Waals surface area contributed by atoms with Gasteiger partial charge in [-0.2, -0.15) is 0 Å². The number of quaternary nitrogens is 1. The number of amides is 1. The molecule has 0 aliphatic rings. The monoisotopic (exact) mass is 1040 g/mol. The Balaban J connectivity index is 4.18. The van der Waals surface area contributed by atoms with Gasteiger partial charge in [0.1, 0.15) is 13.2 Å². The highest BCUT2D eigenvalue weighted by molar-refractivity contribution is 7.45. The van der Waals surface area contributed by atoms with Crippen LogP contribution in [-0.4, -0.2) is 68.5 Å². The van der Waals surface area contributed by atoms with Crippen molar-refractivity contribution in [2.75, 3.05) is 40.9 Å². The van der Waals surface area contributed by atoms with Gasteiger partial charge in [0, 0.05) is 6.42 Å². The van der Waals surface area contributed by atoms with E-state index in [4.69, 9.17) is 9.05 Å². The number of hydrogen-bond donors (Lipinski definition) is 2. The maximum Gasteiger partial charge on any atom is 0.268 e. The van der Waals surface area contributed by atoms with Crippen molar-refractivity contribution >= 4 is 13.7 Å². The number of aliphatic hydroxyl groups excluding tert-OH is 1. The van der Waals surface area contributed by atoms with E-state index in [2.05, 4.69) is 67.8 Å². The average Bonchev–Trinajstić information content (AvgIpc) is 3.35. The van der Waals surface area contributed by atoms with Crippen molar-refractivity contribution in [2.45, 2.75) is 302 Å². The molecule has 0 aromatic rings. The van der Waals surface area contributed by atoms with Gasteiger partial charge in [-0.25, -0.2) is 0 Å². The smallest absolute Gasteiger partial charge is 0.268 e. The Morgan fingerprint density at radius 2 is 0.808 bits per heavy atom. The number of carbonyl (C=O) groups excluding carboxylic acids is 1. The molecule has 3 atom stereocenters. The van der Waals surface area contributed by atoms with Crippen LogP contribution in [0.4, 0.5) is 0 Å². The molecule has 0 saturated carbocycles. The fourth-order valence-electron chi connectivity index (χ4n) is 9.06. The van der Waals surface area contributed by atoms with Crippen LogP contribution >= 0.6 is 7.82 Å². The van der Waals surface area contributed by atoms with Crippen LogP contribution in [0.5, 0.6) is 0 Å². The topological polar surface area (TPSA) is 108 Å². The molecule has 0 aromatic carbocycles. The minimum absolute atomic E-state index is 0.00733. The summed E-state index contributed by atoms with van der Waals surface area (Å²) in [4.78, 5) is 25.5. The lowest BCUT2D eigenvalue weighted by Crippen LogP contribution is -2.45. The van der Waals surface area contributed by atoms with Gasteiger partial charge in [-0.1, -0.05) is 274 Å². The van der Waals surface area contributed by atoms with E-state index in [-0.39, 0.29) is 12.5 Å². The molecule has 0 aliphatic carbocycles. The normalized spacial score (nSPS) is 14.2. The standard InChI is InChI=1S/C64H121N2O6P/c1-6-8-10-12-14-16-18-20-22-24-26-28-30-31-32-33-34-35-36-38-40-42-44-46-48-50-52-54-56-58-64(68)65-62(61-72-73(69,70)71-60-59-66(3,4)5)63(67)57-55-53-51-49-47-45-43-41-39-37-29-27-25-23-21-19-17-15-13-11-9-7-2/h18,20,24,26,30-31,47,49,55,57,62-63,67H,6-17,19,21-23,25,27-29,32-46,48,50-54,56,58-61H2,1-5H3,(H-,65,68,69,70)/b20-18-,26-24-,31-30-,49-47+,57-55+. The summed E-state index contributed by atoms with van der Waals surface area (Å²) in [6.45, 7) is 4.65. The molecule has 0 rings (SSSR count). The predicted molar refractivity (Wildman–Crippen MR) is 316 cm³/mol. The SMILES string of the molecule is CCCCCCC/C=C\C/C=C\C/C=C\CCCCCCCCCCCCCCCCC(=O)NC(COP(=O)([O-])OCC[N+](C)(C)C)C(O)/C=C/CC/C=C/CCCCCCCCCCCCCCCCCC. The van der Waals surface area contributed by atoms with Gasteiger partial charge in [0.25, 0.3) is 7.82 Å². The van der Waals surface area contributed by atoms with Gasteiger partial charge in [0.05, 0.1) is 39.9 Å². The molecule has 0 bridgehead atoms. The Bertz CT molecular complexity index is 1370. The van der Waals surface area contributed by atoms with E-state index < -0.39 is 26.6 Å². The summed E-state index contributed by atoms with van der Waals surface area (Å²) in [7, 11) is 1.25. The fraction of sp³-hybridized carbons (Fsp3) is 0.828. The highest BCUT2D eigenvalue weighted by Crippen LogP contribution is 2.38. The zero-order valence-corrected chi connectivity index (χ0v) is 49.7. The number of allylic oxidation sites excluding steroid dienone is 9. The average molecular weight is 1050 g/mol. The number of carbonyl (C=O) groups is 1. The zero-order valence-electron chi connectivity index (χ0n) is 48.8. The largest absolute Gasteiger partial charge is 0.756 e. The van der Waals surface area contributed by atoms with Crippen molar-refractivity contribution in [1.29, 1.82) is 0 Å². The summed E-state index contributed by atoms with van der Waals surface area (Å²) in [5.41, 5.74) is 0. The van der Waals surface area contributed by atoms with Gasteiger partial charge in [0.15, 0.2) is 0 Å². The molecule has 0 spiro atoms. The highest BCUT2D eigenvalue weighted by Gasteiger charge is 2.23. The second-order valence-electron chi connectivity index (χ2n) is 22.4. The van der Waals surface area contributed by atoms with Crippen LogP contribution in [0.25, 0.3) is 0 Å². The van der Waals surface area contributed by atoms with Crippen molar-refractivity contribution < 1.29 is 32.9 Å². The second-order valence-corrected chi connectivity index (χ2v) is 23.8. The maximum atomic E-state index is 13.0. The molecule has 0 aliphatic heterocycles. The van der Waals surface area contributed by atoms with E-state index in [1.807, 2.05) is 27.2 Å². The van der Waals surface area contributed by atoms with Crippen molar-refractivity contribution in [2.24, 2.45) is 0 Å². The number of nitrogens with one attached hydrogen (secondary N) is 1. The third-order valence-electron chi connectivity index (χ3n) is 13.9. The number of rotatable bonds is 57. The van der Waals surface area contributed by atoms with Gasteiger partial charge in [-0.15, -0.1) is 0 Å². The third kappa shape index (κ3) is 57.7. The van der Waals surface area contributed by atoms with E-state index in [9.17, 15) is 19.4 Å². The van der Waals surface area contributed by atoms with Crippen LogP contribution in [0.15, 0.2) is 60.8 Å². The lowest BCUT2D eigenvalue weighted by Gasteiger charge is -2.29. The first-order valence-corrected chi connectivity index (χ1v) is 32.6. The van der Waals surface area contributed by atoms with Gasteiger partial charge in [-0.3, -0.25) is 9.36 Å². The number of aliphatic hydroxyl groups is 1. The molecule has 0 fully saturated rings.